The highest BCUT2D eigenvalue weighted by Gasteiger charge is 2.39. The molecule has 1 aromatic rings. The predicted molar refractivity (Wildman–Crippen MR) is 107 cm³/mol. The van der Waals surface area contributed by atoms with Gasteiger partial charge in [0, 0.05) is 6.54 Å². The van der Waals surface area contributed by atoms with Gasteiger partial charge in [-0.2, -0.15) is 0 Å². The number of nitrogens with zero attached hydrogens (tertiary/aromatic N) is 1. The van der Waals surface area contributed by atoms with Crippen molar-refractivity contribution in [2.24, 2.45) is 5.41 Å². The van der Waals surface area contributed by atoms with Gasteiger partial charge in [0.25, 0.3) is 0 Å². The van der Waals surface area contributed by atoms with Crippen LogP contribution in [0.2, 0.25) is 0 Å². The third kappa shape index (κ3) is 6.15. The van der Waals surface area contributed by atoms with Crippen LogP contribution in [0.1, 0.15) is 45.6 Å². The smallest absolute Gasteiger partial charge is 0.232 e. The van der Waals surface area contributed by atoms with Gasteiger partial charge in [0.1, 0.15) is 12.6 Å². The summed E-state index contributed by atoms with van der Waals surface area (Å²) in [7, 11) is 3.97. The molecule has 0 saturated carbocycles. The maximum absolute atomic E-state index is 13.2. The molecule has 1 amide bonds. The van der Waals surface area contributed by atoms with Gasteiger partial charge < -0.3 is 15.0 Å². The van der Waals surface area contributed by atoms with Crippen LogP contribution in [0.4, 0.5) is 0 Å². The molecule has 1 fully saturated rings. The summed E-state index contributed by atoms with van der Waals surface area (Å²) in [5.41, 5.74) is 0.913. The summed E-state index contributed by atoms with van der Waals surface area (Å²) in [6.45, 7) is 7.33. The van der Waals surface area contributed by atoms with Gasteiger partial charge >= 0.3 is 0 Å². The number of hydrogen-bond acceptors (Lipinski definition) is 4. The molecule has 0 spiro atoms. The Morgan fingerprint density at radius 2 is 1.93 bits per heavy atom. The van der Waals surface area contributed by atoms with E-state index >= 15 is 0 Å². The third-order valence-corrected chi connectivity index (χ3v) is 5.31. The minimum atomic E-state index is -0.569. The molecule has 0 bridgehead atoms. The van der Waals surface area contributed by atoms with E-state index in [4.69, 9.17) is 4.74 Å². The summed E-state index contributed by atoms with van der Waals surface area (Å²) in [5.74, 6) is 0.518. The molecule has 1 aromatic carbocycles. The zero-order valence-electron chi connectivity index (χ0n) is 17.2. The average molecular weight is 374 g/mol. The largest absolute Gasteiger partial charge is 0.368 e. The fraction of sp³-hybridized carbons (Fsp3) is 0.591. The first-order valence-corrected chi connectivity index (χ1v) is 9.74. The van der Waals surface area contributed by atoms with Gasteiger partial charge in [-0.3, -0.25) is 9.59 Å². The molecule has 1 saturated heterocycles. The van der Waals surface area contributed by atoms with Gasteiger partial charge in [0.15, 0.2) is 5.78 Å². The second-order valence-corrected chi connectivity index (χ2v) is 8.40. The molecule has 5 heteroatoms. The molecule has 1 aliphatic heterocycles. The van der Waals surface area contributed by atoms with Gasteiger partial charge in [0.2, 0.25) is 5.91 Å². The van der Waals surface area contributed by atoms with Gasteiger partial charge in [-0.25, -0.2) is 0 Å². The van der Waals surface area contributed by atoms with E-state index in [0.29, 0.717) is 12.8 Å². The van der Waals surface area contributed by atoms with Gasteiger partial charge in [-0.05, 0) is 37.9 Å². The lowest BCUT2D eigenvalue weighted by molar-refractivity contribution is -0.125. The fourth-order valence-electron chi connectivity index (χ4n) is 3.18. The molecule has 1 heterocycles. The number of carbonyl (C=O) groups excluding carboxylic acids is 2. The molecule has 1 N–H and O–H groups in total. The lowest BCUT2D eigenvalue weighted by Crippen LogP contribution is -2.47. The van der Waals surface area contributed by atoms with Crippen LogP contribution < -0.4 is 5.32 Å². The van der Waals surface area contributed by atoms with E-state index in [2.05, 4.69) is 31.0 Å². The van der Waals surface area contributed by atoms with Crippen LogP contribution in [0.25, 0.3) is 0 Å². The van der Waals surface area contributed by atoms with Crippen molar-refractivity contribution in [2.45, 2.75) is 52.2 Å². The van der Waals surface area contributed by atoms with Crippen LogP contribution in [-0.2, 0) is 14.3 Å². The van der Waals surface area contributed by atoms with E-state index in [9.17, 15) is 9.59 Å². The summed E-state index contributed by atoms with van der Waals surface area (Å²) in [5, 5.41) is 2.98. The minimum absolute atomic E-state index is 0.00300. The molecule has 0 aliphatic carbocycles. The Bertz CT molecular complexity index is 628. The number of carbonyl (C=O) groups is 2. The normalized spacial score (nSPS) is 20.5. The van der Waals surface area contributed by atoms with E-state index < -0.39 is 6.04 Å². The highest BCUT2D eigenvalue weighted by Crippen LogP contribution is 2.34. The quantitative estimate of drug-likeness (QED) is 0.723. The Morgan fingerprint density at radius 1 is 1.26 bits per heavy atom. The third-order valence-electron chi connectivity index (χ3n) is 5.31. The number of ether oxygens (including phenoxy) is 1. The Labute approximate surface area is 163 Å². The van der Waals surface area contributed by atoms with E-state index in [0.717, 1.165) is 24.4 Å². The second kappa shape index (κ2) is 9.47. The highest BCUT2D eigenvalue weighted by molar-refractivity contribution is 5.99. The van der Waals surface area contributed by atoms with Crippen LogP contribution in [0, 0.1) is 11.3 Å². The summed E-state index contributed by atoms with van der Waals surface area (Å²) in [6, 6.07) is 9.15. The monoisotopic (exact) mass is 373 g/mol. The number of ketones is 1. The number of nitrogens with one attached hydrogen (secondary N) is 1. The zero-order chi connectivity index (χ0) is 20.0. The van der Waals surface area contributed by atoms with E-state index in [1.807, 2.05) is 44.4 Å². The summed E-state index contributed by atoms with van der Waals surface area (Å²) in [6.07, 6.45) is 2.07. The molecular formula is C22H33N2O3. The van der Waals surface area contributed by atoms with Crippen LogP contribution in [0.15, 0.2) is 30.3 Å². The number of amides is 1. The predicted octanol–water partition coefficient (Wildman–Crippen LogP) is 2.84. The maximum Gasteiger partial charge on any atom is 0.232 e. The first-order chi connectivity index (χ1) is 12.7. The van der Waals surface area contributed by atoms with E-state index in [1.165, 1.54) is 0 Å². The lowest BCUT2D eigenvalue weighted by Gasteiger charge is -2.29. The van der Waals surface area contributed by atoms with Crippen molar-refractivity contribution < 1.29 is 14.3 Å². The van der Waals surface area contributed by atoms with E-state index in [1.54, 1.807) is 0 Å². The van der Waals surface area contributed by atoms with Crippen molar-refractivity contribution in [2.75, 3.05) is 27.2 Å². The van der Waals surface area contributed by atoms with Crippen molar-refractivity contribution in [1.82, 2.24) is 10.2 Å². The van der Waals surface area contributed by atoms with Crippen LogP contribution >= 0.6 is 0 Å². The Kier molecular flexibility index (Phi) is 7.57. The van der Waals surface area contributed by atoms with Crippen molar-refractivity contribution in [1.29, 1.82) is 0 Å². The fourth-order valence-corrected chi connectivity index (χ4v) is 3.18. The van der Waals surface area contributed by atoms with Crippen molar-refractivity contribution in [3.8, 4) is 0 Å². The van der Waals surface area contributed by atoms with E-state index in [-0.39, 0.29) is 29.8 Å². The average Bonchev–Trinajstić information content (AvgIpc) is 2.98. The minimum Gasteiger partial charge on any atom is -0.368 e. The number of hydrogen-bond donors (Lipinski definition) is 1. The molecule has 27 heavy (non-hydrogen) atoms. The van der Waals surface area contributed by atoms with Gasteiger partial charge in [-0.15, -0.1) is 0 Å². The standard InChI is InChI=1S/C22H33N2O3/c1-6-22(2,3)14-17(16-10-8-7-9-11-16)21(26)23-20-18(25)15-27-19(20)12-13-24(4)5/h7-11,19-20H,6,12-15H2,1-5H3,(H,23,26)/t19-,20?/m0/s1. The number of Topliss-reactive ketones (excluding diaryl/α,β-unsaturated/α-hetero) is 1. The summed E-state index contributed by atoms with van der Waals surface area (Å²) >= 11 is 0. The number of rotatable bonds is 9. The molecule has 1 unspecified atom stereocenters. The molecule has 5 nitrogen and oxygen atoms in total. The molecule has 0 aromatic heterocycles. The summed E-state index contributed by atoms with van der Waals surface area (Å²) in [4.78, 5) is 27.5. The van der Waals surface area contributed by atoms with Crippen molar-refractivity contribution >= 4 is 11.7 Å². The van der Waals surface area contributed by atoms with Crippen LogP contribution in [0.3, 0.4) is 0 Å². The second-order valence-electron chi connectivity index (χ2n) is 8.40. The molecule has 149 valence electrons. The Balaban J connectivity index is 2.15. The SMILES string of the molecule is CCC(C)(C)C[C](C(=O)NC1C(=O)CO[C@H]1CCN(C)C)c1ccccc1. The zero-order valence-corrected chi connectivity index (χ0v) is 17.2. The van der Waals surface area contributed by atoms with Crippen LogP contribution in [0.5, 0.6) is 0 Å². The highest BCUT2D eigenvalue weighted by atomic mass is 16.5. The Hall–Kier alpha value is -1.72. The van der Waals surface area contributed by atoms with Crippen molar-refractivity contribution in [3.05, 3.63) is 41.8 Å². The first-order valence-electron chi connectivity index (χ1n) is 9.74. The van der Waals surface area contributed by atoms with Gasteiger partial charge in [0.05, 0.1) is 12.0 Å². The molecule has 2 rings (SSSR count). The Morgan fingerprint density at radius 3 is 2.52 bits per heavy atom. The topological polar surface area (TPSA) is 58.6 Å². The lowest BCUT2D eigenvalue weighted by atomic mass is 9.77. The molecule has 1 aliphatic rings. The molecule has 1 radical (unpaired) electrons. The number of benzene rings is 1. The van der Waals surface area contributed by atoms with Gasteiger partial charge in [-0.1, -0.05) is 57.5 Å². The molecular weight excluding hydrogens is 340 g/mol. The maximum atomic E-state index is 13.2. The first kappa shape index (κ1) is 21.6. The van der Waals surface area contributed by atoms with Crippen LogP contribution in [-0.4, -0.2) is 56.0 Å². The summed E-state index contributed by atoms with van der Waals surface area (Å²) < 4.78 is 5.64. The van der Waals surface area contributed by atoms with Crippen molar-refractivity contribution in [3.63, 3.8) is 0 Å². The molecule has 2 atom stereocenters.